The molecule has 1 heterocycles. The van der Waals surface area contributed by atoms with Crippen LogP contribution in [-0.2, 0) is 6.54 Å². The van der Waals surface area contributed by atoms with E-state index in [9.17, 15) is 4.39 Å². The largest absolute Gasteiger partial charge is 0.490 e. The SMILES string of the molecule is CCOc1cc2ncnc(NCc3ccc(F)cc3)c2cc1OCC.Cl. The number of fused-ring (bicyclic) bond motifs is 1. The molecule has 26 heavy (non-hydrogen) atoms. The van der Waals surface area contributed by atoms with Gasteiger partial charge in [0.05, 0.1) is 18.7 Å². The van der Waals surface area contributed by atoms with Gasteiger partial charge in [0.15, 0.2) is 11.5 Å². The Morgan fingerprint density at radius 1 is 0.962 bits per heavy atom. The molecule has 2 aromatic carbocycles. The van der Waals surface area contributed by atoms with E-state index in [0.29, 0.717) is 37.1 Å². The first-order chi connectivity index (χ1) is 12.2. The first-order valence-corrected chi connectivity index (χ1v) is 8.24. The number of rotatable bonds is 7. The zero-order valence-electron chi connectivity index (χ0n) is 14.7. The molecule has 0 saturated heterocycles. The fourth-order valence-corrected chi connectivity index (χ4v) is 2.53. The summed E-state index contributed by atoms with van der Waals surface area (Å²) in [7, 11) is 0. The van der Waals surface area contributed by atoms with Gasteiger partial charge in [0, 0.05) is 18.0 Å². The van der Waals surface area contributed by atoms with Gasteiger partial charge in [-0.25, -0.2) is 14.4 Å². The van der Waals surface area contributed by atoms with Gasteiger partial charge in [-0.05, 0) is 37.6 Å². The van der Waals surface area contributed by atoms with E-state index in [1.807, 2.05) is 26.0 Å². The van der Waals surface area contributed by atoms with E-state index < -0.39 is 0 Å². The number of halogens is 2. The molecule has 3 rings (SSSR count). The quantitative estimate of drug-likeness (QED) is 0.652. The molecule has 0 atom stereocenters. The Morgan fingerprint density at radius 2 is 1.62 bits per heavy atom. The lowest BCUT2D eigenvalue weighted by molar-refractivity contribution is 0.288. The third-order valence-electron chi connectivity index (χ3n) is 3.67. The van der Waals surface area contributed by atoms with Gasteiger partial charge in [0.25, 0.3) is 0 Å². The fraction of sp³-hybridized carbons (Fsp3) is 0.263. The number of nitrogens with zero attached hydrogens (tertiary/aromatic N) is 2. The summed E-state index contributed by atoms with van der Waals surface area (Å²) < 4.78 is 24.3. The molecular formula is C19H21ClFN3O2. The minimum absolute atomic E-state index is 0. The minimum atomic E-state index is -0.249. The van der Waals surface area contributed by atoms with Crippen LogP contribution in [0, 0.1) is 5.82 Å². The molecule has 0 aliphatic heterocycles. The zero-order valence-corrected chi connectivity index (χ0v) is 15.5. The second-order valence-electron chi connectivity index (χ2n) is 5.38. The molecule has 0 fully saturated rings. The Labute approximate surface area is 158 Å². The van der Waals surface area contributed by atoms with Gasteiger partial charge < -0.3 is 14.8 Å². The molecule has 0 spiro atoms. The third kappa shape index (κ3) is 4.52. The van der Waals surface area contributed by atoms with E-state index >= 15 is 0 Å². The average molecular weight is 378 g/mol. The van der Waals surface area contributed by atoms with E-state index in [-0.39, 0.29) is 18.2 Å². The van der Waals surface area contributed by atoms with Crippen LogP contribution in [0.2, 0.25) is 0 Å². The number of hydrogen-bond donors (Lipinski definition) is 1. The molecule has 138 valence electrons. The van der Waals surface area contributed by atoms with Crippen LogP contribution in [0.3, 0.4) is 0 Å². The molecule has 0 saturated carbocycles. The lowest BCUT2D eigenvalue weighted by Gasteiger charge is -2.14. The van der Waals surface area contributed by atoms with Crippen molar-refractivity contribution in [1.82, 2.24) is 9.97 Å². The maximum Gasteiger partial charge on any atom is 0.163 e. The summed E-state index contributed by atoms with van der Waals surface area (Å²) in [6.07, 6.45) is 1.51. The first kappa shape index (κ1) is 19.7. The normalized spacial score (nSPS) is 10.3. The molecule has 1 aromatic heterocycles. The molecule has 0 aliphatic rings. The van der Waals surface area contributed by atoms with Crippen molar-refractivity contribution in [2.45, 2.75) is 20.4 Å². The van der Waals surface area contributed by atoms with Gasteiger partial charge in [0.2, 0.25) is 0 Å². The summed E-state index contributed by atoms with van der Waals surface area (Å²) in [6.45, 7) is 5.47. The lowest BCUT2D eigenvalue weighted by Crippen LogP contribution is -2.04. The Kier molecular flexibility index (Phi) is 6.97. The van der Waals surface area contributed by atoms with Crippen LogP contribution in [0.5, 0.6) is 11.5 Å². The number of hydrogen-bond acceptors (Lipinski definition) is 5. The van der Waals surface area contributed by atoms with Gasteiger partial charge in [-0.15, -0.1) is 12.4 Å². The molecule has 0 bridgehead atoms. The maximum atomic E-state index is 13.0. The summed E-state index contributed by atoms with van der Waals surface area (Å²) in [5.41, 5.74) is 1.73. The van der Waals surface area contributed by atoms with Crippen molar-refractivity contribution < 1.29 is 13.9 Å². The van der Waals surface area contributed by atoms with Crippen molar-refractivity contribution in [2.75, 3.05) is 18.5 Å². The summed E-state index contributed by atoms with van der Waals surface area (Å²) in [5, 5.41) is 4.12. The highest BCUT2D eigenvalue weighted by Gasteiger charge is 2.11. The van der Waals surface area contributed by atoms with E-state index in [1.165, 1.54) is 18.5 Å². The number of nitrogens with one attached hydrogen (secondary N) is 1. The predicted octanol–water partition coefficient (Wildman–Crippen LogP) is 4.60. The molecule has 1 N–H and O–H groups in total. The Morgan fingerprint density at radius 3 is 2.27 bits per heavy atom. The molecule has 0 amide bonds. The number of anilines is 1. The highest BCUT2D eigenvalue weighted by atomic mass is 35.5. The smallest absolute Gasteiger partial charge is 0.163 e. The van der Waals surface area contributed by atoms with E-state index in [1.54, 1.807) is 12.1 Å². The molecule has 0 radical (unpaired) electrons. The van der Waals surface area contributed by atoms with Crippen LogP contribution in [0.4, 0.5) is 10.2 Å². The lowest BCUT2D eigenvalue weighted by atomic mass is 10.2. The Hall–Kier alpha value is -2.60. The van der Waals surface area contributed by atoms with Crippen molar-refractivity contribution in [3.63, 3.8) is 0 Å². The van der Waals surface area contributed by atoms with Gasteiger partial charge >= 0.3 is 0 Å². The maximum absolute atomic E-state index is 13.0. The summed E-state index contributed by atoms with van der Waals surface area (Å²) in [5.74, 6) is 1.77. The van der Waals surface area contributed by atoms with Crippen molar-refractivity contribution in [3.05, 3.63) is 54.1 Å². The Bertz CT molecular complexity index is 859. The first-order valence-electron chi connectivity index (χ1n) is 8.24. The second kappa shape index (κ2) is 9.20. The highest BCUT2D eigenvalue weighted by Crippen LogP contribution is 2.34. The van der Waals surface area contributed by atoms with Crippen LogP contribution in [-0.4, -0.2) is 23.2 Å². The van der Waals surface area contributed by atoms with Crippen molar-refractivity contribution >= 4 is 29.1 Å². The summed E-state index contributed by atoms with van der Waals surface area (Å²) in [6, 6.07) is 10.1. The Balaban J connectivity index is 0.00000243. The van der Waals surface area contributed by atoms with Crippen molar-refractivity contribution in [2.24, 2.45) is 0 Å². The number of benzene rings is 2. The highest BCUT2D eigenvalue weighted by molar-refractivity contribution is 5.91. The minimum Gasteiger partial charge on any atom is -0.490 e. The second-order valence-corrected chi connectivity index (χ2v) is 5.38. The third-order valence-corrected chi connectivity index (χ3v) is 3.67. The zero-order chi connectivity index (χ0) is 17.6. The summed E-state index contributed by atoms with van der Waals surface area (Å²) in [4.78, 5) is 8.64. The molecule has 7 heteroatoms. The van der Waals surface area contributed by atoms with Crippen LogP contribution in [0.25, 0.3) is 10.9 Å². The number of ether oxygens (including phenoxy) is 2. The van der Waals surface area contributed by atoms with Crippen LogP contribution >= 0.6 is 12.4 Å². The van der Waals surface area contributed by atoms with Gasteiger partial charge in [0.1, 0.15) is 18.0 Å². The molecular weight excluding hydrogens is 357 g/mol. The predicted molar refractivity (Wildman–Crippen MR) is 103 cm³/mol. The van der Waals surface area contributed by atoms with E-state index in [2.05, 4.69) is 15.3 Å². The van der Waals surface area contributed by atoms with Gasteiger partial charge in [-0.1, -0.05) is 12.1 Å². The topological polar surface area (TPSA) is 56.3 Å². The van der Waals surface area contributed by atoms with Gasteiger partial charge in [-0.2, -0.15) is 0 Å². The fourth-order valence-electron chi connectivity index (χ4n) is 2.53. The molecule has 5 nitrogen and oxygen atoms in total. The molecule has 0 aliphatic carbocycles. The number of aromatic nitrogens is 2. The van der Waals surface area contributed by atoms with Crippen LogP contribution in [0.1, 0.15) is 19.4 Å². The standard InChI is InChI=1S/C19H20FN3O2.ClH/c1-3-24-17-9-15-16(10-18(17)25-4-2)22-12-23-19(15)21-11-13-5-7-14(20)8-6-13;/h5-10,12H,3-4,11H2,1-2H3,(H,21,22,23);1H. The summed E-state index contributed by atoms with van der Waals surface area (Å²) >= 11 is 0. The monoisotopic (exact) mass is 377 g/mol. The van der Waals surface area contributed by atoms with E-state index in [4.69, 9.17) is 9.47 Å². The van der Waals surface area contributed by atoms with E-state index in [0.717, 1.165) is 16.5 Å². The average Bonchev–Trinajstić information content (AvgIpc) is 2.62. The molecule has 3 aromatic rings. The van der Waals surface area contributed by atoms with Crippen molar-refractivity contribution in [1.29, 1.82) is 0 Å². The van der Waals surface area contributed by atoms with Crippen LogP contribution < -0.4 is 14.8 Å². The van der Waals surface area contributed by atoms with Crippen molar-refractivity contribution in [3.8, 4) is 11.5 Å². The molecule has 0 unspecified atom stereocenters. The van der Waals surface area contributed by atoms with Gasteiger partial charge in [-0.3, -0.25) is 0 Å². The van der Waals surface area contributed by atoms with Crippen LogP contribution in [0.15, 0.2) is 42.7 Å².